The van der Waals surface area contributed by atoms with Gasteiger partial charge < -0.3 is 10.6 Å². The third kappa shape index (κ3) is 3.92. The van der Waals surface area contributed by atoms with E-state index >= 15 is 0 Å². The number of amides is 1. The lowest BCUT2D eigenvalue weighted by atomic mass is 10.0. The molecular weight excluding hydrogens is 298 g/mol. The van der Waals surface area contributed by atoms with E-state index < -0.39 is 10.5 Å². The minimum atomic E-state index is -0.967. The van der Waals surface area contributed by atoms with E-state index in [-0.39, 0.29) is 30.0 Å². The zero-order valence-electron chi connectivity index (χ0n) is 12.0. The van der Waals surface area contributed by atoms with E-state index in [0.717, 1.165) is 32.1 Å². The molecule has 1 aromatic heterocycles. The van der Waals surface area contributed by atoms with Crippen molar-refractivity contribution < 1.29 is 9.72 Å². The van der Waals surface area contributed by atoms with Gasteiger partial charge in [-0.15, -0.1) is 12.4 Å². The Hall–Kier alpha value is -1.67. The van der Waals surface area contributed by atoms with Crippen LogP contribution in [0.5, 0.6) is 0 Å². The van der Waals surface area contributed by atoms with Crippen molar-refractivity contribution >= 4 is 24.0 Å². The third-order valence-corrected chi connectivity index (χ3v) is 3.54. The quantitative estimate of drug-likeness (QED) is 0.632. The van der Waals surface area contributed by atoms with E-state index in [0.29, 0.717) is 0 Å². The summed E-state index contributed by atoms with van der Waals surface area (Å²) in [6.45, 7) is 5.10. The van der Waals surface area contributed by atoms with Crippen molar-refractivity contribution in [2.45, 2.75) is 38.3 Å². The van der Waals surface area contributed by atoms with Gasteiger partial charge in [0.15, 0.2) is 0 Å². The van der Waals surface area contributed by atoms with Crippen LogP contribution in [0.3, 0.4) is 0 Å². The van der Waals surface area contributed by atoms with Crippen molar-refractivity contribution in [3.05, 3.63) is 22.5 Å². The first-order valence-electron chi connectivity index (χ1n) is 6.62. The van der Waals surface area contributed by atoms with E-state index in [9.17, 15) is 14.9 Å². The van der Waals surface area contributed by atoms with E-state index in [1.54, 1.807) is 13.8 Å². The molecule has 0 saturated carbocycles. The number of carbonyl (C=O) groups excluding carboxylic acids is 1. The van der Waals surface area contributed by atoms with E-state index in [1.165, 1.54) is 10.9 Å². The highest BCUT2D eigenvalue weighted by Crippen LogP contribution is 2.19. The molecule has 1 atom stereocenters. The maximum Gasteiger partial charge on any atom is 0.307 e. The summed E-state index contributed by atoms with van der Waals surface area (Å²) in [6.07, 6.45) is 4.39. The highest BCUT2D eigenvalue weighted by atomic mass is 35.5. The van der Waals surface area contributed by atoms with Gasteiger partial charge in [-0.05, 0) is 33.2 Å². The average Bonchev–Trinajstić information content (AvgIpc) is 2.90. The molecule has 0 aliphatic carbocycles. The number of rotatable bonds is 4. The zero-order valence-corrected chi connectivity index (χ0v) is 12.9. The van der Waals surface area contributed by atoms with Crippen LogP contribution in [-0.4, -0.2) is 39.7 Å². The molecule has 1 aliphatic rings. The van der Waals surface area contributed by atoms with Crippen LogP contribution in [0.2, 0.25) is 0 Å². The fraction of sp³-hybridized carbons (Fsp3) is 0.667. The van der Waals surface area contributed by atoms with E-state index in [2.05, 4.69) is 15.7 Å². The smallest absolute Gasteiger partial charge is 0.307 e. The molecule has 2 rings (SSSR count). The van der Waals surface area contributed by atoms with Crippen LogP contribution in [0.1, 0.15) is 26.7 Å². The Balaban J connectivity index is 0.00000220. The van der Waals surface area contributed by atoms with Crippen LogP contribution in [0.25, 0.3) is 0 Å². The number of nitrogens with zero attached hydrogens (tertiary/aromatic N) is 3. The fourth-order valence-electron chi connectivity index (χ4n) is 2.15. The van der Waals surface area contributed by atoms with Crippen LogP contribution in [0.4, 0.5) is 5.69 Å². The molecule has 0 aromatic carbocycles. The molecule has 8 nitrogen and oxygen atoms in total. The van der Waals surface area contributed by atoms with Crippen LogP contribution >= 0.6 is 12.4 Å². The minimum absolute atomic E-state index is 0. The predicted octanol–water partition coefficient (Wildman–Crippen LogP) is 0.816. The molecule has 9 heteroatoms. The summed E-state index contributed by atoms with van der Waals surface area (Å²) in [5.41, 5.74) is -1.09. The first-order chi connectivity index (χ1) is 9.41. The Morgan fingerprint density at radius 2 is 2.33 bits per heavy atom. The summed E-state index contributed by atoms with van der Waals surface area (Å²) in [7, 11) is 0. The van der Waals surface area contributed by atoms with Gasteiger partial charge in [0, 0.05) is 12.6 Å². The van der Waals surface area contributed by atoms with Crippen molar-refractivity contribution in [3.8, 4) is 0 Å². The molecule has 2 N–H and O–H groups in total. The summed E-state index contributed by atoms with van der Waals surface area (Å²) < 4.78 is 1.33. The van der Waals surface area contributed by atoms with Gasteiger partial charge in [0.05, 0.1) is 4.92 Å². The normalized spacial score (nSPS) is 18.7. The molecule has 2 heterocycles. The lowest BCUT2D eigenvalue weighted by Gasteiger charge is -2.29. The number of halogens is 1. The van der Waals surface area contributed by atoms with Gasteiger partial charge in [0.1, 0.15) is 17.9 Å². The maximum atomic E-state index is 12.3. The average molecular weight is 318 g/mol. The largest absolute Gasteiger partial charge is 0.350 e. The second kappa shape index (κ2) is 6.86. The van der Waals surface area contributed by atoms with Crippen molar-refractivity contribution in [2.75, 3.05) is 13.1 Å². The molecule has 118 valence electrons. The summed E-state index contributed by atoms with van der Waals surface area (Å²) in [5.74, 6) is -0.191. The summed E-state index contributed by atoms with van der Waals surface area (Å²) in [5, 5.41) is 20.8. The Kier molecular flexibility index (Phi) is 5.68. The molecular formula is C12H20ClN5O3. The van der Waals surface area contributed by atoms with Crippen molar-refractivity contribution in [1.29, 1.82) is 0 Å². The highest BCUT2D eigenvalue weighted by Gasteiger charge is 2.33. The number of carbonyl (C=O) groups is 1. The van der Waals surface area contributed by atoms with Crippen LogP contribution < -0.4 is 10.6 Å². The molecule has 1 amide bonds. The lowest BCUT2D eigenvalue weighted by Crippen LogP contribution is -2.52. The second-order valence-corrected chi connectivity index (χ2v) is 5.48. The molecule has 0 unspecified atom stereocenters. The Bertz CT molecular complexity index is 511. The predicted molar refractivity (Wildman–Crippen MR) is 79.5 cm³/mol. The minimum Gasteiger partial charge on any atom is -0.350 e. The monoisotopic (exact) mass is 317 g/mol. The van der Waals surface area contributed by atoms with Crippen molar-refractivity contribution in [2.24, 2.45) is 0 Å². The zero-order chi connectivity index (χ0) is 14.8. The number of piperidine rings is 1. The lowest BCUT2D eigenvalue weighted by molar-refractivity contribution is -0.385. The Morgan fingerprint density at radius 3 is 2.86 bits per heavy atom. The highest BCUT2D eigenvalue weighted by molar-refractivity contribution is 5.85. The first-order valence-corrected chi connectivity index (χ1v) is 6.62. The topological polar surface area (TPSA) is 102 Å². The molecule has 0 spiro atoms. The number of aromatic nitrogens is 2. The standard InChI is InChI=1S/C12H19N5O3.ClH/c1-12(2,16-8-10(7-14-16)17(19)20)11(18)15-9-4-3-5-13-6-9;/h7-9,13H,3-6H2,1-2H3,(H,15,18);1H/t9-;/m0./s1. The summed E-state index contributed by atoms with van der Waals surface area (Å²) in [4.78, 5) is 22.5. The molecule has 1 saturated heterocycles. The molecule has 0 bridgehead atoms. The Morgan fingerprint density at radius 1 is 1.62 bits per heavy atom. The molecule has 1 aromatic rings. The fourth-order valence-corrected chi connectivity index (χ4v) is 2.15. The van der Waals surface area contributed by atoms with Crippen LogP contribution in [-0.2, 0) is 10.3 Å². The SMILES string of the molecule is CC(C)(C(=O)N[C@H]1CCCNC1)n1cc([N+](=O)[O-])cn1.Cl. The molecule has 21 heavy (non-hydrogen) atoms. The number of hydrogen-bond acceptors (Lipinski definition) is 5. The number of nitro groups is 1. The Labute approximate surface area is 128 Å². The van der Waals surface area contributed by atoms with Gasteiger partial charge in [0.2, 0.25) is 5.91 Å². The number of hydrogen-bond donors (Lipinski definition) is 2. The first kappa shape index (κ1) is 17.4. The van der Waals surface area contributed by atoms with E-state index in [1.807, 2.05) is 0 Å². The number of nitrogens with one attached hydrogen (secondary N) is 2. The van der Waals surface area contributed by atoms with Crippen molar-refractivity contribution in [3.63, 3.8) is 0 Å². The second-order valence-electron chi connectivity index (χ2n) is 5.48. The van der Waals surface area contributed by atoms with Crippen LogP contribution in [0, 0.1) is 10.1 Å². The van der Waals surface area contributed by atoms with E-state index in [4.69, 9.17) is 0 Å². The molecule has 1 fully saturated rings. The summed E-state index contributed by atoms with van der Waals surface area (Å²) >= 11 is 0. The van der Waals surface area contributed by atoms with Gasteiger partial charge in [0.25, 0.3) is 0 Å². The van der Waals surface area contributed by atoms with Gasteiger partial charge in [-0.2, -0.15) is 5.10 Å². The van der Waals surface area contributed by atoms with Gasteiger partial charge >= 0.3 is 5.69 Å². The van der Waals surface area contributed by atoms with Gasteiger partial charge in [-0.3, -0.25) is 19.6 Å². The third-order valence-electron chi connectivity index (χ3n) is 3.54. The van der Waals surface area contributed by atoms with Gasteiger partial charge in [-0.25, -0.2) is 0 Å². The maximum absolute atomic E-state index is 12.3. The van der Waals surface area contributed by atoms with Crippen molar-refractivity contribution in [1.82, 2.24) is 20.4 Å². The van der Waals surface area contributed by atoms with Crippen LogP contribution in [0.15, 0.2) is 12.4 Å². The molecule has 1 aliphatic heterocycles. The molecule has 0 radical (unpaired) electrons. The van der Waals surface area contributed by atoms with Gasteiger partial charge in [-0.1, -0.05) is 0 Å². The summed E-state index contributed by atoms with van der Waals surface area (Å²) in [6, 6.07) is 0.0982.